The van der Waals surface area contributed by atoms with Crippen molar-refractivity contribution >= 4 is 39.3 Å². The molecular weight excluding hydrogens is 332 g/mol. The first-order chi connectivity index (χ1) is 11.2. The number of carbonyl (C=O) groups excluding carboxylic acids is 1. The van der Waals surface area contributed by atoms with Crippen molar-refractivity contribution in [2.24, 2.45) is 0 Å². The maximum atomic E-state index is 13.0. The maximum absolute atomic E-state index is 13.0. The summed E-state index contributed by atoms with van der Waals surface area (Å²) in [5.41, 5.74) is 1.11. The molecule has 0 unspecified atom stereocenters. The van der Waals surface area contributed by atoms with Crippen molar-refractivity contribution in [1.29, 1.82) is 0 Å². The van der Waals surface area contributed by atoms with Crippen LogP contribution in [0, 0.1) is 0 Å². The Hall–Kier alpha value is -1.60. The van der Waals surface area contributed by atoms with E-state index in [2.05, 4.69) is 16.9 Å². The molecule has 1 saturated carbocycles. The van der Waals surface area contributed by atoms with Crippen molar-refractivity contribution in [2.45, 2.75) is 42.1 Å². The van der Waals surface area contributed by atoms with Crippen LogP contribution in [0.5, 0.6) is 0 Å². The Labute approximate surface area is 141 Å². The number of cyclic esters (lactones) is 1. The van der Waals surface area contributed by atoms with Gasteiger partial charge in [0.1, 0.15) is 10.1 Å². The normalized spacial score (nSPS) is 20.9. The zero-order chi connectivity index (χ0) is 16.0. The summed E-state index contributed by atoms with van der Waals surface area (Å²) in [5.74, 6) is 0.290. The van der Waals surface area contributed by atoms with Gasteiger partial charge < -0.3 is 4.74 Å². The molecule has 1 atom stereocenters. The van der Waals surface area contributed by atoms with Crippen LogP contribution in [-0.4, -0.2) is 27.4 Å². The molecule has 0 spiro atoms. The Kier molecular flexibility index (Phi) is 3.77. The van der Waals surface area contributed by atoms with Gasteiger partial charge in [-0.3, -0.25) is 14.2 Å². The summed E-state index contributed by atoms with van der Waals surface area (Å²) in [4.78, 5) is 30.1. The van der Waals surface area contributed by atoms with Gasteiger partial charge in [0.05, 0.1) is 12.0 Å². The fourth-order valence-corrected chi connectivity index (χ4v) is 4.94. The third-order valence-electron chi connectivity index (χ3n) is 4.15. The first-order valence-corrected chi connectivity index (χ1v) is 9.41. The number of hydrogen-bond acceptors (Lipinski definition) is 6. The summed E-state index contributed by atoms with van der Waals surface area (Å²) in [6, 6.07) is 0. The van der Waals surface area contributed by atoms with Crippen LogP contribution in [-0.2, 0) is 16.1 Å². The Morgan fingerprint density at radius 1 is 1.43 bits per heavy atom. The second-order valence-electron chi connectivity index (χ2n) is 5.81. The Morgan fingerprint density at radius 3 is 2.91 bits per heavy atom. The molecule has 1 aliphatic carbocycles. The Bertz CT molecular complexity index is 851. The van der Waals surface area contributed by atoms with E-state index in [1.165, 1.54) is 23.1 Å². The molecule has 2 fully saturated rings. The Morgan fingerprint density at radius 2 is 2.26 bits per heavy atom. The predicted octanol–water partition coefficient (Wildman–Crippen LogP) is 2.93. The van der Waals surface area contributed by atoms with Gasteiger partial charge in [-0.2, -0.15) is 0 Å². The number of carbonyl (C=O) groups is 1. The van der Waals surface area contributed by atoms with Crippen molar-refractivity contribution in [3.63, 3.8) is 0 Å². The average Bonchev–Trinajstić information content (AvgIpc) is 3.17. The van der Waals surface area contributed by atoms with Crippen molar-refractivity contribution in [1.82, 2.24) is 9.55 Å². The highest BCUT2D eigenvalue weighted by atomic mass is 32.2. The topological polar surface area (TPSA) is 61.2 Å². The SMILES string of the molecule is C=CCn1c(S[C@@H]2CCOC2=O)nc2scc(C3CC3)c2c1=O. The summed E-state index contributed by atoms with van der Waals surface area (Å²) >= 11 is 2.84. The molecule has 3 heterocycles. The molecule has 7 heteroatoms. The summed E-state index contributed by atoms with van der Waals surface area (Å²) in [7, 11) is 0. The molecule has 23 heavy (non-hydrogen) atoms. The van der Waals surface area contributed by atoms with Crippen LogP contribution in [0.2, 0.25) is 0 Å². The highest BCUT2D eigenvalue weighted by molar-refractivity contribution is 8.00. The van der Waals surface area contributed by atoms with Gasteiger partial charge in [-0.1, -0.05) is 17.8 Å². The lowest BCUT2D eigenvalue weighted by Gasteiger charge is -2.12. The van der Waals surface area contributed by atoms with E-state index in [1.54, 1.807) is 10.6 Å². The highest BCUT2D eigenvalue weighted by Crippen LogP contribution is 2.44. The van der Waals surface area contributed by atoms with Gasteiger partial charge in [0.25, 0.3) is 5.56 Å². The number of ether oxygens (including phenoxy) is 1. The second-order valence-corrected chi connectivity index (χ2v) is 7.83. The number of rotatable bonds is 5. The quantitative estimate of drug-likeness (QED) is 0.472. The molecule has 0 amide bonds. The van der Waals surface area contributed by atoms with Gasteiger partial charge in [0.2, 0.25) is 0 Å². The van der Waals surface area contributed by atoms with Crippen LogP contribution in [0.4, 0.5) is 0 Å². The summed E-state index contributed by atoms with van der Waals surface area (Å²) < 4.78 is 6.64. The minimum absolute atomic E-state index is 0.0214. The molecular formula is C16H16N2O3S2. The summed E-state index contributed by atoms with van der Waals surface area (Å²) in [5, 5.41) is 3.11. The van der Waals surface area contributed by atoms with Gasteiger partial charge in [0.15, 0.2) is 5.16 Å². The first kappa shape index (κ1) is 15.0. The van der Waals surface area contributed by atoms with E-state index < -0.39 is 0 Å². The minimum Gasteiger partial charge on any atom is -0.465 e. The standard InChI is InChI=1S/C16H16N2O3S2/c1-2-6-18-14(19)12-10(9-3-4-9)8-22-13(12)17-16(18)23-11-5-7-21-15(11)20/h2,8-9,11H,1,3-7H2/t11-/m1/s1. The van der Waals surface area contributed by atoms with Crippen molar-refractivity contribution < 1.29 is 9.53 Å². The number of esters is 1. The van der Waals surface area contributed by atoms with E-state index in [0.29, 0.717) is 30.6 Å². The monoisotopic (exact) mass is 348 g/mol. The van der Waals surface area contributed by atoms with Crippen molar-refractivity contribution in [3.05, 3.63) is 34.0 Å². The molecule has 0 N–H and O–H groups in total. The van der Waals surface area contributed by atoms with E-state index in [4.69, 9.17) is 4.74 Å². The molecule has 5 nitrogen and oxygen atoms in total. The molecule has 2 aromatic rings. The van der Waals surface area contributed by atoms with E-state index in [9.17, 15) is 9.59 Å². The van der Waals surface area contributed by atoms with Gasteiger partial charge >= 0.3 is 5.97 Å². The maximum Gasteiger partial charge on any atom is 0.319 e. The fraction of sp³-hybridized carbons (Fsp3) is 0.438. The average molecular weight is 348 g/mol. The molecule has 1 aliphatic heterocycles. The van der Waals surface area contributed by atoms with E-state index in [1.807, 2.05) is 0 Å². The van der Waals surface area contributed by atoms with Crippen LogP contribution < -0.4 is 5.56 Å². The molecule has 4 rings (SSSR count). The van der Waals surface area contributed by atoms with Crippen LogP contribution in [0.1, 0.15) is 30.7 Å². The Balaban J connectivity index is 1.82. The number of fused-ring (bicyclic) bond motifs is 1. The smallest absolute Gasteiger partial charge is 0.319 e. The third-order valence-corrected chi connectivity index (χ3v) is 6.28. The minimum atomic E-state index is -0.279. The summed E-state index contributed by atoms with van der Waals surface area (Å²) in [6.07, 6.45) is 4.65. The third kappa shape index (κ3) is 2.61. The van der Waals surface area contributed by atoms with Crippen molar-refractivity contribution in [2.75, 3.05) is 6.61 Å². The highest BCUT2D eigenvalue weighted by Gasteiger charge is 2.31. The molecule has 120 valence electrons. The van der Waals surface area contributed by atoms with Crippen LogP contribution in [0.3, 0.4) is 0 Å². The lowest BCUT2D eigenvalue weighted by atomic mass is 10.1. The number of thiophene rings is 1. The van der Waals surface area contributed by atoms with E-state index in [0.717, 1.165) is 28.6 Å². The molecule has 2 aromatic heterocycles. The molecule has 2 aliphatic rings. The number of aromatic nitrogens is 2. The van der Waals surface area contributed by atoms with Crippen molar-refractivity contribution in [3.8, 4) is 0 Å². The van der Waals surface area contributed by atoms with E-state index in [-0.39, 0.29) is 16.8 Å². The van der Waals surface area contributed by atoms with Gasteiger partial charge in [-0.15, -0.1) is 17.9 Å². The first-order valence-electron chi connectivity index (χ1n) is 7.65. The molecule has 1 saturated heterocycles. The lowest BCUT2D eigenvalue weighted by Crippen LogP contribution is -2.24. The zero-order valence-corrected chi connectivity index (χ0v) is 14.1. The fourth-order valence-electron chi connectivity index (χ4n) is 2.81. The van der Waals surface area contributed by atoms with E-state index >= 15 is 0 Å². The number of allylic oxidation sites excluding steroid dienone is 1. The van der Waals surface area contributed by atoms with Crippen LogP contribution >= 0.6 is 23.1 Å². The molecule has 0 bridgehead atoms. The molecule has 0 radical (unpaired) electrons. The number of nitrogens with zero attached hydrogens (tertiary/aromatic N) is 2. The van der Waals surface area contributed by atoms with Gasteiger partial charge in [0, 0.05) is 13.0 Å². The number of thioether (sulfide) groups is 1. The van der Waals surface area contributed by atoms with Gasteiger partial charge in [-0.05, 0) is 29.7 Å². The lowest BCUT2D eigenvalue weighted by molar-refractivity contribution is -0.137. The predicted molar refractivity (Wildman–Crippen MR) is 91.3 cm³/mol. The zero-order valence-electron chi connectivity index (χ0n) is 12.5. The second kappa shape index (κ2) is 5.79. The summed E-state index contributed by atoms with van der Waals surface area (Å²) in [6.45, 7) is 4.57. The molecule has 0 aromatic carbocycles. The number of hydrogen-bond donors (Lipinski definition) is 0. The van der Waals surface area contributed by atoms with Crippen LogP contribution in [0.15, 0.2) is 28.0 Å². The van der Waals surface area contributed by atoms with Gasteiger partial charge in [-0.25, -0.2) is 4.98 Å². The van der Waals surface area contributed by atoms with Crippen LogP contribution in [0.25, 0.3) is 10.2 Å². The largest absolute Gasteiger partial charge is 0.465 e.